The van der Waals surface area contributed by atoms with Crippen LogP contribution in [0.1, 0.15) is 32.4 Å². The minimum absolute atomic E-state index is 0.0353. The van der Waals surface area contributed by atoms with Crippen LogP contribution in [0.15, 0.2) is 12.7 Å². The molecule has 3 rings (SSSR count). The summed E-state index contributed by atoms with van der Waals surface area (Å²) in [5, 5.41) is 0. The monoisotopic (exact) mass is 319 g/mol. The number of ether oxygens (including phenoxy) is 2. The summed E-state index contributed by atoms with van der Waals surface area (Å²) in [6.07, 6.45) is 6.35. The van der Waals surface area contributed by atoms with Gasteiger partial charge in [-0.25, -0.2) is 15.0 Å². The molecule has 0 N–H and O–H groups in total. The first-order valence-corrected chi connectivity index (χ1v) is 7.86. The topological polar surface area (TPSA) is 82.4 Å². The molecule has 2 aromatic heterocycles. The van der Waals surface area contributed by atoms with E-state index in [-0.39, 0.29) is 18.7 Å². The van der Waals surface area contributed by atoms with Crippen molar-refractivity contribution < 1.29 is 14.3 Å². The van der Waals surface area contributed by atoms with Crippen molar-refractivity contribution in [2.75, 3.05) is 31.7 Å². The van der Waals surface area contributed by atoms with Crippen LogP contribution >= 0.6 is 0 Å². The molecule has 1 aliphatic rings. The highest BCUT2D eigenvalue weighted by molar-refractivity contribution is 5.85. The molecule has 3 heterocycles. The van der Waals surface area contributed by atoms with Crippen molar-refractivity contribution >= 4 is 23.0 Å². The van der Waals surface area contributed by atoms with E-state index in [1.165, 1.54) is 6.33 Å². The molecule has 1 atom stereocenters. The van der Waals surface area contributed by atoms with Crippen LogP contribution in [0.3, 0.4) is 0 Å². The zero-order valence-electron chi connectivity index (χ0n) is 13.4. The second-order valence-electron chi connectivity index (χ2n) is 5.50. The molecular weight excluding hydrogens is 298 g/mol. The van der Waals surface area contributed by atoms with Crippen molar-refractivity contribution in [1.82, 2.24) is 19.5 Å². The molecule has 0 spiro atoms. The number of esters is 1. The summed E-state index contributed by atoms with van der Waals surface area (Å²) in [4.78, 5) is 26.4. The molecule has 0 saturated carbocycles. The first-order chi connectivity index (χ1) is 11.2. The fourth-order valence-electron chi connectivity index (χ4n) is 2.75. The lowest BCUT2D eigenvalue weighted by atomic mass is 10.2. The Hall–Kier alpha value is -2.22. The molecule has 1 aliphatic heterocycles. The van der Waals surface area contributed by atoms with Crippen LogP contribution < -0.4 is 4.90 Å². The zero-order valence-corrected chi connectivity index (χ0v) is 13.4. The van der Waals surface area contributed by atoms with Crippen molar-refractivity contribution in [3.8, 4) is 0 Å². The fourth-order valence-corrected chi connectivity index (χ4v) is 2.75. The lowest BCUT2D eigenvalue weighted by Gasteiger charge is -2.24. The van der Waals surface area contributed by atoms with Gasteiger partial charge in [-0.1, -0.05) is 0 Å². The molecule has 8 heteroatoms. The van der Waals surface area contributed by atoms with Gasteiger partial charge < -0.3 is 14.4 Å². The number of hydrogen-bond acceptors (Lipinski definition) is 7. The Morgan fingerprint density at radius 3 is 3.04 bits per heavy atom. The van der Waals surface area contributed by atoms with Crippen molar-refractivity contribution in [2.24, 2.45) is 0 Å². The molecule has 23 heavy (non-hydrogen) atoms. The number of carbonyl (C=O) groups excluding carboxylic acids is 1. The second kappa shape index (κ2) is 6.91. The van der Waals surface area contributed by atoms with E-state index in [0.717, 1.165) is 31.5 Å². The highest BCUT2D eigenvalue weighted by Crippen LogP contribution is 2.28. The van der Waals surface area contributed by atoms with E-state index in [2.05, 4.69) is 15.0 Å². The summed E-state index contributed by atoms with van der Waals surface area (Å²) in [5.41, 5.74) is 1.38. The van der Waals surface area contributed by atoms with Crippen LogP contribution in [0.25, 0.3) is 11.2 Å². The number of aromatic nitrogens is 4. The Morgan fingerprint density at radius 2 is 2.30 bits per heavy atom. The minimum Gasteiger partial charge on any atom is -0.465 e. The van der Waals surface area contributed by atoms with Gasteiger partial charge in [0.05, 0.1) is 12.9 Å². The van der Waals surface area contributed by atoms with Gasteiger partial charge in [0.1, 0.15) is 19.1 Å². The quantitative estimate of drug-likeness (QED) is 0.773. The van der Waals surface area contributed by atoms with Crippen LogP contribution in [-0.4, -0.2) is 52.3 Å². The van der Waals surface area contributed by atoms with Crippen molar-refractivity contribution in [2.45, 2.75) is 32.4 Å². The van der Waals surface area contributed by atoms with Gasteiger partial charge in [0.25, 0.3) is 0 Å². The molecule has 0 radical (unpaired) electrons. The molecule has 2 aromatic rings. The number of fused-ring (bicyclic) bond motifs is 1. The van der Waals surface area contributed by atoms with E-state index in [0.29, 0.717) is 17.9 Å². The van der Waals surface area contributed by atoms with Crippen molar-refractivity contribution in [3.05, 3.63) is 12.7 Å². The minimum atomic E-state index is -0.295. The average molecular weight is 319 g/mol. The molecule has 0 amide bonds. The maximum Gasteiger partial charge on any atom is 0.325 e. The van der Waals surface area contributed by atoms with E-state index in [9.17, 15) is 4.79 Å². The van der Waals surface area contributed by atoms with E-state index in [1.807, 2.05) is 4.57 Å². The van der Waals surface area contributed by atoms with Crippen LogP contribution in [-0.2, 0) is 14.3 Å². The summed E-state index contributed by atoms with van der Waals surface area (Å²) < 4.78 is 12.7. The molecule has 1 unspecified atom stereocenters. The number of rotatable bonds is 5. The van der Waals surface area contributed by atoms with Gasteiger partial charge in [-0.2, -0.15) is 0 Å². The summed E-state index contributed by atoms with van der Waals surface area (Å²) in [5.74, 6) is 0.314. The third kappa shape index (κ3) is 3.26. The lowest BCUT2D eigenvalue weighted by Crippen LogP contribution is -2.28. The van der Waals surface area contributed by atoms with Gasteiger partial charge in [0.15, 0.2) is 17.0 Å². The Labute approximate surface area is 134 Å². The third-order valence-corrected chi connectivity index (χ3v) is 3.84. The summed E-state index contributed by atoms with van der Waals surface area (Å²) in [7, 11) is 1.79. The molecule has 124 valence electrons. The van der Waals surface area contributed by atoms with Crippen LogP contribution in [0.2, 0.25) is 0 Å². The fraction of sp³-hybridized carbons (Fsp3) is 0.600. The van der Waals surface area contributed by atoms with Crippen molar-refractivity contribution in [3.63, 3.8) is 0 Å². The summed E-state index contributed by atoms with van der Waals surface area (Å²) in [6, 6.07) is 0. The third-order valence-electron chi connectivity index (χ3n) is 3.84. The average Bonchev–Trinajstić information content (AvgIpc) is 2.99. The summed E-state index contributed by atoms with van der Waals surface area (Å²) >= 11 is 0. The van der Waals surface area contributed by atoms with Crippen molar-refractivity contribution in [1.29, 1.82) is 0 Å². The number of imidazole rings is 1. The van der Waals surface area contributed by atoms with E-state index < -0.39 is 0 Å². The largest absolute Gasteiger partial charge is 0.465 e. The Morgan fingerprint density at radius 1 is 1.43 bits per heavy atom. The first-order valence-electron chi connectivity index (χ1n) is 7.86. The SMILES string of the molecule is CCOC(=O)CN(C)c1ncnc2c1ncn2C1CCCCO1. The predicted octanol–water partition coefficient (Wildman–Crippen LogP) is 1.52. The molecule has 0 bridgehead atoms. The Balaban J connectivity index is 1.87. The standard InChI is InChI=1S/C15H21N5O3/c1-3-22-12(21)8-19(2)14-13-15(17-9-16-14)20(10-18-13)11-6-4-5-7-23-11/h9-11H,3-8H2,1-2H3. The molecule has 0 aliphatic carbocycles. The molecule has 0 aromatic carbocycles. The molecular formula is C15H21N5O3. The molecule has 1 saturated heterocycles. The zero-order chi connectivity index (χ0) is 16.2. The maximum atomic E-state index is 11.7. The van der Waals surface area contributed by atoms with E-state index in [1.54, 1.807) is 25.2 Å². The van der Waals surface area contributed by atoms with E-state index >= 15 is 0 Å². The van der Waals surface area contributed by atoms with Gasteiger partial charge in [-0.05, 0) is 26.2 Å². The smallest absolute Gasteiger partial charge is 0.325 e. The molecule has 8 nitrogen and oxygen atoms in total. The summed E-state index contributed by atoms with van der Waals surface area (Å²) in [6.45, 7) is 3.02. The number of carbonyl (C=O) groups is 1. The van der Waals surface area contributed by atoms with Crippen LogP contribution in [0.5, 0.6) is 0 Å². The Bertz CT molecular complexity index is 681. The van der Waals surface area contributed by atoms with E-state index in [4.69, 9.17) is 9.47 Å². The van der Waals surface area contributed by atoms with Gasteiger partial charge in [-0.15, -0.1) is 0 Å². The second-order valence-corrected chi connectivity index (χ2v) is 5.50. The first kappa shape index (κ1) is 15.7. The van der Waals surface area contributed by atoms with Gasteiger partial charge >= 0.3 is 5.97 Å². The predicted molar refractivity (Wildman–Crippen MR) is 84.1 cm³/mol. The normalized spacial score (nSPS) is 18.1. The van der Waals surface area contributed by atoms with Gasteiger partial charge in [0, 0.05) is 13.7 Å². The number of hydrogen-bond donors (Lipinski definition) is 0. The number of anilines is 1. The molecule has 1 fully saturated rings. The lowest BCUT2D eigenvalue weighted by molar-refractivity contribution is -0.141. The maximum absolute atomic E-state index is 11.7. The van der Waals surface area contributed by atoms with Crippen LogP contribution in [0.4, 0.5) is 5.82 Å². The number of nitrogens with zero attached hydrogens (tertiary/aromatic N) is 5. The highest BCUT2D eigenvalue weighted by atomic mass is 16.5. The Kier molecular flexibility index (Phi) is 4.71. The highest BCUT2D eigenvalue weighted by Gasteiger charge is 2.21. The van der Waals surface area contributed by atoms with Crippen LogP contribution in [0, 0.1) is 0 Å². The van der Waals surface area contributed by atoms with Gasteiger partial charge in [-0.3, -0.25) is 9.36 Å². The number of likely N-dealkylation sites (N-methyl/N-ethyl adjacent to an activating group) is 1. The van der Waals surface area contributed by atoms with Gasteiger partial charge in [0.2, 0.25) is 0 Å².